The molecule has 0 unspecified atom stereocenters. The number of halogens is 1. The van der Waals surface area contributed by atoms with Crippen molar-refractivity contribution in [1.29, 1.82) is 0 Å². The molecule has 0 aliphatic carbocycles. The maximum absolute atomic E-state index is 2.55. The van der Waals surface area contributed by atoms with E-state index in [0.29, 0.717) is 0 Å². The Bertz CT molecular complexity index is 294. The number of rotatable bonds is 26. The molecule has 190 valence electrons. The van der Waals surface area contributed by atoms with Crippen LogP contribution < -0.4 is 0 Å². The largest absolute Gasteiger partial charge is 0.306 e. The van der Waals surface area contributed by atoms with Crippen molar-refractivity contribution >= 4 is 12.4 Å². The van der Waals surface area contributed by atoms with E-state index in [9.17, 15) is 0 Å². The summed E-state index contributed by atoms with van der Waals surface area (Å²) in [5.41, 5.74) is 0. The van der Waals surface area contributed by atoms with Crippen LogP contribution in [0.15, 0.2) is 0 Å². The summed E-state index contributed by atoms with van der Waals surface area (Å²) in [6.45, 7) is 7.21. The Morgan fingerprint density at radius 2 is 0.516 bits per heavy atom. The van der Waals surface area contributed by atoms with Crippen molar-refractivity contribution in [2.75, 3.05) is 20.1 Å². The van der Waals surface area contributed by atoms with Crippen LogP contribution in [0.4, 0.5) is 0 Å². The van der Waals surface area contributed by atoms with Crippen LogP contribution in [0.25, 0.3) is 0 Å². The molecule has 31 heavy (non-hydrogen) atoms. The molecule has 0 amide bonds. The molecule has 0 saturated carbocycles. The first-order valence-electron chi connectivity index (χ1n) is 14.5. The van der Waals surface area contributed by atoms with Gasteiger partial charge in [-0.2, -0.15) is 0 Å². The van der Waals surface area contributed by atoms with E-state index in [0.717, 1.165) is 0 Å². The van der Waals surface area contributed by atoms with E-state index in [1.807, 2.05) is 0 Å². The van der Waals surface area contributed by atoms with Gasteiger partial charge in [-0.05, 0) is 33.0 Å². The highest BCUT2D eigenvalue weighted by Gasteiger charge is 1.99. The standard InChI is InChI=1S/C29H61N.ClH/c1-4-6-8-10-11-12-13-14-15-16-17-18-19-20-21-22-23-24-25-27-29-30(3)28-26-9-7-5-2;/h4-29H2,1-3H3;1H. The molecule has 0 rings (SSSR count). The quantitative estimate of drug-likeness (QED) is 0.116. The summed E-state index contributed by atoms with van der Waals surface area (Å²) in [4.78, 5) is 2.55. The fraction of sp³-hybridized carbons (Fsp3) is 1.00. The summed E-state index contributed by atoms with van der Waals surface area (Å²) < 4.78 is 0. The highest BCUT2D eigenvalue weighted by molar-refractivity contribution is 5.85. The third kappa shape index (κ3) is 30.2. The van der Waals surface area contributed by atoms with E-state index in [1.165, 1.54) is 167 Å². The second-order valence-electron chi connectivity index (χ2n) is 10.1. The van der Waals surface area contributed by atoms with Gasteiger partial charge < -0.3 is 4.90 Å². The number of hydrogen-bond donors (Lipinski definition) is 0. The van der Waals surface area contributed by atoms with Crippen LogP contribution >= 0.6 is 12.4 Å². The lowest BCUT2D eigenvalue weighted by atomic mass is 10.0. The van der Waals surface area contributed by atoms with E-state index >= 15 is 0 Å². The summed E-state index contributed by atoms with van der Waals surface area (Å²) in [6, 6.07) is 0. The topological polar surface area (TPSA) is 3.24 Å². The summed E-state index contributed by atoms with van der Waals surface area (Å²) in [6.07, 6.45) is 34.9. The zero-order chi connectivity index (χ0) is 22.0. The molecule has 0 spiro atoms. The van der Waals surface area contributed by atoms with Gasteiger partial charge in [-0.15, -0.1) is 12.4 Å². The molecular weight excluding hydrogens is 398 g/mol. The van der Waals surface area contributed by atoms with Crippen LogP contribution in [0.1, 0.15) is 168 Å². The Morgan fingerprint density at radius 1 is 0.323 bits per heavy atom. The van der Waals surface area contributed by atoms with Crippen LogP contribution in [0.3, 0.4) is 0 Å². The van der Waals surface area contributed by atoms with Crippen LogP contribution in [-0.4, -0.2) is 25.0 Å². The van der Waals surface area contributed by atoms with Crippen molar-refractivity contribution in [3.8, 4) is 0 Å². The minimum absolute atomic E-state index is 0. The van der Waals surface area contributed by atoms with Gasteiger partial charge in [0.1, 0.15) is 0 Å². The second kappa shape index (κ2) is 30.2. The average molecular weight is 460 g/mol. The zero-order valence-electron chi connectivity index (χ0n) is 22.2. The van der Waals surface area contributed by atoms with Crippen molar-refractivity contribution in [3.63, 3.8) is 0 Å². The first-order chi connectivity index (χ1) is 14.8. The van der Waals surface area contributed by atoms with Crippen molar-refractivity contribution in [3.05, 3.63) is 0 Å². The number of nitrogens with zero attached hydrogens (tertiary/aromatic N) is 1. The van der Waals surface area contributed by atoms with Crippen LogP contribution in [0, 0.1) is 0 Å². The molecule has 0 aromatic carbocycles. The van der Waals surface area contributed by atoms with E-state index in [2.05, 4.69) is 25.8 Å². The van der Waals surface area contributed by atoms with Gasteiger partial charge in [0.25, 0.3) is 0 Å². The van der Waals surface area contributed by atoms with Crippen molar-refractivity contribution in [2.45, 2.75) is 168 Å². The molecule has 0 saturated heterocycles. The molecule has 0 N–H and O–H groups in total. The van der Waals surface area contributed by atoms with Crippen molar-refractivity contribution < 1.29 is 0 Å². The lowest BCUT2D eigenvalue weighted by molar-refractivity contribution is 0.314. The Morgan fingerprint density at radius 3 is 0.774 bits per heavy atom. The first kappa shape index (κ1) is 33.4. The van der Waals surface area contributed by atoms with Crippen molar-refractivity contribution in [2.24, 2.45) is 0 Å². The number of unbranched alkanes of at least 4 members (excludes halogenated alkanes) is 22. The summed E-state index contributed by atoms with van der Waals surface area (Å²) in [5.74, 6) is 0. The SMILES string of the molecule is CCCCCCCCCCCCCCCCCCCCCCN(C)CCCCCC.Cl. The monoisotopic (exact) mass is 459 g/mol. The molecule has 0 bridgehead atoms. The maximum Gasteiger partial charge on any atom is -0.00218 e. The van der Waals surface area contributed by atoms with Crippen molar-refractivity contribution in [1.82, 2.24) is 4.90 Å². The van der Waals surface area contributed by atoms with E-state index in [1.54, 1.807) is 0 Å². The van der Waals surface area contributed by atoms with Crippen LogP contribution in [-0.2, 0) is 0 Å². The van der Waals surface area contributed by atoms with Crippen LogP contribution in [0.5, 0.6) is 0 Å². The lowest BCUT2D eigenvalue weighted by Crippen LogP contribution is -2.20. The lowest BCUT2D eigenvalue weighted by Gasteiger charge is -2.16. The molecule has 0 fully saturated rings. The molecule has 0 aromatic heterocycles. The first-order valence-corrected chi connectivity index (χ1v) is 14.5. The van der Waals surface area contributed by atoms with Gasteiger partial charge in [-0.1, -0.05) is 155 Å². The molecule has 1 nitrogen and oxygen atoms in total. The Labute approximate surface area is 205 Å². The van der Waals surface area contributed by atoms with E-state index in [4.69, 9.17) is 0 Å². The molecule has 0 aromatic rings. The normalized spacial score (nSPS) is 11.2. The fourth-order valence-electron chi connectivity index (χ4n) is 4.56. The molecule has 0 radical (unpaired) electrons. The van der Waals surface area contributed by atoms with Gasteiger partial charge >= 0.3 is 0 Å². The van der Waals surface area contributed by atoms with Gasteiger partial charge in [-0.3, -0.25) is 0 Å². The van der Waals surface area contributed by atoms with Crippen LogP contribution in [0.2, 0.25) is 0 Å². The predicted molar refractivity (Wildman–Crippen MR) is 147 cm³/mol. The second-order valence-corrected chi connectivity index (χ2v) is 10.1. The van der Waals surface area contributed by atoms with Gasteiger partial charge in [0.15, 0.2) is 0 Å². The predicted octanol–water partition coefficient (Wildman–Crippen LogP) is 10.7. The molecular formula is C29H62ClN. The van der Waals surface area contributed by atoms with Gasteiger partial charge in [0.2, 0.25) is 0 Å². The zero-order valence-corrected chi connectivity index (χ0v) is 23.1. The molecule has 0 atom stereocenters. The highest BCUT2D eigenvalue weighted by Crippen LogP contribution is 2.15. The van der Waals surface area contributed by atoms with Gasteiger partial charge in [-0.25, -0.2) is 0 Å². The Hall–Kier alpha value is 0.250. The minimum atomic E-state index is 0. The maximum atomic E-state index is 2.55. The number of hydrogen-bond acceptors (Lipinski definition) is 1. The van der Waals surface area contributed by atoms with E-state index < -0.39 is 0 Å². The van der Waals surface area contributed by atoms with Gasteiger partial charge in [0, 0.05) is 0 Å². The molecule has 0 heterocycles. The molecule has 2 heteroatoms. The third-order valence-electron chi connectivity index (χ3n) is 6.79. The minimum Gasteiger partial charge on any atom is -0.306 e. The highest BCUT2D eigenvalue weighted by atomic mass is 35.5. The van der Waals surface area contributed by atoms with E-state index in [-0.39, 0.29) is 12.4 Å². The summed E-state index contributed by atoms with van der Waals surface area (Å²) in [7, 11) is 2.31. The third-order valence-corrected chi connectivity index (χ3v) is 6.79. The fourth-order valence-corrected chi connectivity index (χ4v) is 4.56. The molecule has 0 aliphatic heterocycles. The average Bonchev–Trinajstić information content (AvgIpc) is 2.75. The van der Waals surface area contributed by atoms with Gasteiger partial charge in [0.05, 0.1) is 0 Å². The molecule has 0 aliphatic rings. The Balaban J connectivity index is 0. The smallest absolute Gasteiger partial charge is 0.00218 e. The summed E-state index contributed by atoms with van der Waals surface area (Å²) in [5, 5.41) is 0. The Kier molecular flexibility index (Phi) is 32.6. The summed E-state index contributed by atoms with van der Waals surface area (Å²) >= 11 is 0.